The Bertz CT molecular complexity index is 624. The number of benzene rings is 1. The van der Waals surface area contributed by atoms with Crippen LogP contribution in [0.3, 0.4) is 0 Å². The van der Waals surface area contributed by atoms with Crippen LogP contribution >= 0.6 is 0 Å². The zero-order valence-electron chi connectivity index (χ0n) is 13.0. The summed E-state index contributed by atoms with van der Waals surface area (Å²) in [4.78, 5) is 24.4. The Kier molecular flexibility index (Phi) is 4.62. The molecule has 1 saturated heterocycles. The summed E-state index contributed by atoms with van der Waals surface area (Å²) >= 11 is 0. The third kappa shape index (κ3) is 3.71. The maximum Gasteiger partial charge on any atom is 0.414 e. The van der Waals surface area contributed by atoms with Gasteiger partial charge in [-0.1, -0.05) is 18.2 Å². The van der Waals surface area contributed by atoms with Crippen LogP contribution < -0.4 is 16.0 Å². The quantitative estimate of drug-likeness (QED) is 0.865. The third-order valence-electron chi connectivity index (χ3n) is 4.20. The molecule has 3 rings (SSSR count). The highest BCUT2D eigenvalue weighted by atomic mass is 16.6. The van der Waals surface area contributed by atoms with E-state index in [0.717, 1.165) is 25.2 Å². The molecule has 0 spiro atoms. The first kappa shape index (κ1) is 15.6. The van der Waals surface area contributed by atoms with Crippen molar-refractivity contribution in [3.8, 4) is 0 Å². The second-order valence-corrected chi connectivity index (χ2v) is 5.85. The number of cyclic esters (lactones) is 1. The van der Waals surface area contributed by atoms with E-state index in [2.05, 4.69) is 11.4 Å². The topological polar surface area (TPSA) is 84.7 Å². The van der Waals surface area contributed by atoms with Crippen LogP contribution in [0, 0.1) is 0 Å². The molecule has 6 nitrogen and oxygen atoms in total. The van der Waals surface area contributed by atoms with Crippen molar-refractivity contribution < 1.29 is 14.3 Å². The van der Waals surface area contributed by atoms with Crippen LogP contribution in [0.25, 0.3) is 5.57 Å². The Morgan fingerprint density at radius 3 is 2.78 bits per heavy atom. The van der Waals surface area contributed by atoms with Gasteiger partial charge < -0.3 is 15.8 Å². The number of hydrogen-bond acceptors (Lipinski definition) is 4. The molecule has 3 N–H and O–H groups in total. The highest BCUT2D eigenvalue weighted by Crippen LogP contribution is 2.26. The van der Waals surface area contributed by atoms with E-state index in [9.17, 15) is 9.59 Å². The van der Waals surface area contributed by atoms with Gasteiger partial charge in [0, 0.05) is 18.7 Å². The number of ether oxygens (including phenoxy) is 1. The largest absolute Gasteiger partial charge is 0.444 e. The Labute approximate surface area is 135 Å². The summed E-state index contributed by atoms with van der Waals surface area (Å²) in [6.07, 6.45) is 3.26. The maximum absolute atomic E-state index is 12.0. The van der Waals surface area contributed by atoms with Gasteiger partial charge in [-0.15, -0.1) is 0 Å². The number of nitrogens with zero attached hydrogens (tertiary/aromatic N) is 1. The van der Waals surface area contributed by atoms with E-state index in [1.165, 1.54) is 11.1 Å². The summed E-state index contributed by atoms with van der Waals surface area (Å²) in [5, 5.41) is 3.29. The molecule has 2 aliphatic heterocycles. The molecule has 0 aromatic heterocycles. The van der Waals surface area contributed by atoms with Crippen molar-refractivity contribution in [2.75, 3.05) is 24.5 Å². The SMILES string of the molecule is NC(=O)CCC1CN(c2ccc(C3=CCNCC3)cc2)C(=O)O1. The molecule has 122 valence electrons. The summed E-state index contributed by atoms with van der Waals surface area (Å²) in [6.45, 7) is 2.35. The summed E-state index contributed by atoms with van der Waals surface area (Å²) in [5.41, 5.74) is 8.47. The normalized spacial score (nSPS) is 21.0. The molecular weight excluding hydrogens is 294 g/mol. The minimum Gasteiger partial charge on any atom is -0.444 e. The van der Waals surface area contributed by atoms with Gasteiger partial charge in [-0.05, 0) is 42.7 Å². The molecule has 1 aromatic carbocycles. The third-order valence-corrected chi connectivity index (χ3v) is 4.20. The molecule has 1 unspecified atom stereocenters. The van der Waals surface area contributed by atoms with Crippen LogP contribution in [0.5, 0.6) is 0 Å². The minimum absolute atomic E-state index is 0.229. The fourth-order valence-electron chi connectivity index (χ4n) is 2.93. The summed E-state index contributed by atoms with van der Waals surface area (Å²) < 4.78 is 5.28. The van der Waals surface area contributed by atoms with Crippen molar-refractivity contribution in [3.63, 3.8) is 0 Å². The fraction of sp³-hybridized carbons (Fsp3) is 0.412. The molecule has 0 radical (unpaired) electrons. The molecule has 2 amide bonds. The first-order chi connectivity index (χ1) is 11.1. The number of carbonyl (C=O) groups excluding carboxylic acids is 2. The van der Waals surface area contributed by atoms with Gasteiger partial charge in [0.2, 0.25) is 5.91 Å². The Balaban J connectivity index is 1.66. The Morgan fingerprint density at radius 2 is 2.13 bits per heavy atom. The molecule has 1 aromatic rings. The summed E-state index contributed by atoms with van der Waals surface area (Å²) in [7, 11) is 0. The Hall–Kier alpha value is -2.34. The predicted octanol–water partition coefficient (Wildman–Crippen LogP) is 1.65. The second-order valence-electron chi connectivity index (χ2n) is 5.85. The van der Waals surface area contributed by atoms with E-state index in [1.807, 2.05) is 24.3 Å². The van der Waals surface area contributed by atoms with Crippen molar-refractivity contribution in [2.45, 2.75) is 25.4 Å². The predicted molar refractivity (Wildman–Crippen MR) is 87.9 cm³/mol. The molecule has 6 heteroatoms. The van der Waals surface area contributed by atoms with Crippen molar-refractivity contribution in [3.05, 3.63) is 35.9 Å². The number of anilines is 1. The van der Waals surface area contributed by atoms with Crippen LogP contribution in [0.1, 0.15) is 24.8 Å². The van der Waals surface area contributed by atoms with Crippen LogP contribution in [0.15, 0.2) is 30.3 Å². The monoisotopic (exact) mass is 315 g/mol. The van der Waals surface area contributed by atoms with Gasteiger partial charge in [0.25, 0.3) is 0 Å². The molecule has 2 aliphatic rings. The number of carbonyl (C=O) groups is 2. The van der Waals surface area contributed by atoms with E-state index >= 15 is 0 Å². The molecular formula is C17H21N3O3. The lowest BCUT2D eigenvalue weighted by Crippen LogP contribution is -2.25. The van der Waals surface area contributed by atoms with E-state index in [-0.39, 0.29) is 24.5 Å². The van der Waals surface area contributed by atoms with E-state index < -0.39 is 0 Å². The van der Waals surface area contributed by atoms with Gasteiger partial charge in [0.1, 0.15) is 6.10 Å². The van der Waals surface area contributed by atoms with Crippen molar-refractivity contribution in [1.29, 1.82) is 0 Å². The van der Waals surface area contributed by atoms with Gasteiger partial charge >= 0.3 is 6.09 Å². The fourth-order valence-corrected chi connectivity index (χ4v) is 2.93. The average molecular weight is 315 g/mol. The van der Waals surface area contributed by atoms with Crippen LogP contribution in [-0.4, -0.2) is 37.7 Å². The number of primary amides is 1. The van der Waals surface area contributed by atoms with Gasteiger partial charge in [-0.2, -0.15) is 0 Å². The smallest absolute Gasteiger partial charge is 0.414 e. The number of nitrogens with one attached hydrogen (secondary N) is 1. The first-order valence-electron chi connectivity index (χ1n) is 7.90. The Morgan fingerprint density at radius 1 is 1.35 bits per heavy atom. The van der Waals surface area contributed by atoms with Crippen LogP contribution in [-0.2, 0) is 9.53 Å². The lowest BCUT2D eigenvalue weighted by atomic mass is 10.00. The minimum atomic E-state index is -0.376. The summed E-state index contributed by atoms with van der Waals surface area (Å²) in [5.74, 6) is -0.376. The van der Waals surface area contributed by atoms with Gasteiger partial charge in [0.05, 0.1) is 6.54 Å². The van der Waals surface area contributed by atoms with Crippen molar-refractivity contribution >= 4 is 23.3 Å². The highest BCUT2D eigenvalue weighted by molar-refractivity contribution is 5.90. The van der Waals surface area contributed by atoms with Gasteiger partial charge in [-0.25, -0.2) is 4.79 Å². The number of amides is 2. The molecule has 1 atom stereocenters. The molecule has 0 aliphatic carbocycles. The van der Waals surface area contributed by atoms with Crippen LogP contribution in [0.2, 0.25) is 0 Å². The second kappa shape index (κ2) is 6.83. The average Bonchev–Trinajstić information content (AvgIpc) is 2.95. The number of nitrogens with two attached hydrogens (primary N) is 1. The molecule has 1 fully saturated rings. The summed E-state index contributed by atoms with van der Waals surface area (Å²) in [6, 6.07) is 7.96. The zero-order valence-corrected chi connectivity index (χ0v) is 13.0. The molecule has 0 saturated carbocycles. The lowest BCUT2D eigenvalue weighted by Gasteiger charge is -2.16. The number of hydrogen-bond donors (Lipinski definition) is 2. The van der Waals surface area contributed by atoms with Crippen LogP contribution in [0.4, 0.5) is 10.5 Å². The van der Waals surface area contributed by atoms with E-state index in [0.29, 0.717) is 13.0 Å². The first-order valence-corrected chi connectivity index (χ1v) is 7.90. The number of rotatable bonds is 5. The zero-order chi connectivity index (χ0) is 16.2. The molecule has 2 heterocycles. The highest BCUT2D eigenvalue weighted by Gasteiger charge is 2.32. The van der Waals surface area contributed by atoms with Gasteiger partial charge in [0.15, 0.2) is 0 Å². The van der Waals surface area contributed by atoms with E-state index in [1.54, 1.807) is 4.90 Å². The lowest BCUT2D eigenvalue weighted by molar-refractivity contribution is -0.118. The van der Waals surface area contributed by atoms with E-state index in [4.69, 9.17) is 10.5 Å². The molecule has 23 heavy (non-hydrogen) atoms. The van der Waals surface area contributed by atoms with Crippen molar-refractivity contribution in [1.82, 2.24) is 5.32 Å². The van der Waals surface area contributed by atoms with Crippen molar-refractivity contribution in [2.24, 2.45) is 5.73 Å². The maximum atomic E-state index is 12.0. The standard InChI is InChI=1S/C17H21N3O3/c18-16(21)6-5-15-11-20(17(22)23-15)14-3-1-12(2-4-14)13-7-9-19-10-8-13/h1-4,7,15,19H,5-6,8-11H2,(H2,18,21). The molecule has 0 bridgehead atoms. The van der Waals surface area contributed by atoms with Gasteiger partial charge in [-0.3, -0.25) is 9.69 Å².